The van der Waals surface area contributed by atoms with E-state index in [2.05, 4.69) is 13.8 Å². The Morgan fingerprint density at radius 1 is 1.27 bits per heavy atom. The van der Waals surface area contributed by atoms with Crippen molar-refractivity contribution < 1.29 is 18.9 Å². The van der Waals surface area contributed by atoms with Crippen molar-refractivity contribution in [2.75, 3.05) is 6.35 Å². The summed E-state index contributed by atoms with van der Waals surface area (Å²) in [7, 11) is -2.12. The van der Waals surface area contributed by atoms with Crippen LogP contribution in [0.4, 0.5) is 4.39 Å². The zero-order valence-electron chi connectivity index (χ0n) is 15.1. The molecule has 0 bridgehead atoms. The number of fused-ring (bicyclic) bond motifs is 1. The van der Waals surface area contributed by atoms with Gasteiger partial charge in [-0.05, 0) is 71.7 Å². The topological polar surface area (TPSA) is 49.7 Å². The van der Waals surface area contributed by atoms with Crippen LogP contribution in [-0.2, 0) is 6.42 Å². The van der Waals surface area contributed by atoms with Crippen LogP contribution in [0.2, 0.25) is 5.02 Å². The van der Waals surface area contributed by atoms with Crippen molar-refractivity contribution >= 4 is 20.0 Å². The Morgan fingerprint density at radius 2 is 2.00 bits per heavy atom. The summed E-state index contributed by atoms with van der Waals surface area (Å²) in [6.45, 7) is 6.17. The van der Waals surface area contributed by atoms with Crippen LogP contribution in [0, 0.1) is 12.7 Å². The minimum Gasteiger partial charge on any atom is -0.484 e. The van der Waals surface area contributed by atoms with E-state index in [4.69, 9.17) is 26.1 Å². The molecule has 0 spiro atoms. The largest absolute Gasteiger partial charge is 0.484 e. The van der Waals surface area contributed by atoms with Crippen LogP contribution in [0.5, 0.6) is 5.75 Å². The van der Waals surface area contributed by atoms with Gasteiger partial charge in [0, 0.05) is 10.9 Å². The molecule has 1 atom stereocenters. The molecule has 0 amide bonds. The van der Waals surface area contributed by atoms with Crippen molar-refractivity contribution in [3.63, 3.8) is 0 Å². The van der Waals surface area contributed by atoms with Crippen LogP contribution in [0.15, 0.2) is 24.3 Å². The third-order valence-corrected chi connectivity index (χ3v) is 5.64. The minimum absolute atomic E-state index is 0.0718. The smallest absolute Gasteiger partial charge is 0.205 e. The Kier molecular flexibility index (Phi) is 5.88. The summed E-state index contributed by atoms with van der Waals surface area (Å²) in [5.41, 5.74) is 4.81. The average Bonchev–Trinajstić information content (AvgIpc) is 2.97. The molecule has 26 heavy (non-hydrogen) atoms. The zero-order chi connectivity index (χ0) is 19.0. The van der Waals surface area contributed by atoms with Gasteiger partial charge in [-0.1, -0.05) is 31.5 Å². The quantitative estimate of drug-likeness (QED) is 0.645. The first-order chi connectivity index (χ1) is 12.3. The third-order valence-electron chi connectivity index (χ3n) is 4.97. The Morgan fingerprint density at radius 3 is 2.65 bits per heavy atom. The second kappa shape index (κ2) is 7.82. The van der Waals surface area contributed by atoms with E-state index < -0.39 is 8.38 Å². The van der Waals surface area contributed by atoms with Gasteiger partial charge in [-0.2, -0.15) is 0 Å². The summed E-state index contributed by atoms with van der Waals surface area (Å²) in [5, 5.41) is 0.534. The Labute approximate surface area is 159 Å². The van der Waals surface area contributed by atoms with E-state index in [1.165, 1.54) is 0 Å². The molecule has 0 saturated carbocycles. The molecule has 0 aliphatic heterocycles. The molecule has 1 unspecified atom stereocenters. The first-order valence-electron chi connectivity index (χ1n) is 8.68. The van der Waals surface area contributed by atoms with Crippen LogP contribution >= 0.6 is 20.0 Å². The van der Waals surface area contributed by atoms with E-state index in [0.29, 0.717) is 22.3 Å². The fourth-order valence-electron chi connectivity index (χ4n) is 3.81. The normalized spacial score (nSPS) is 16.4. The second-order valence-electron chi connectivity index (χ2n) is 7.10. The van der Waals surface area contributed by atoms with E-state index in [1.807, 2.05) is 19.1 Å². The first-order valence-corrected chi connectivity index (χ1v) is 10.5. The molecule has 3 rings (SSSR count). The summed E-state index contributed by atoms with van der Waals surface area (Å²) >= 11 is 6.50. The van der Waals surface area contributed by atoms with Crippen LogP contribution in [0.3, 0.4) is 0 Å². The highest BCUT2D eigenvalue weighted by atomic mass is 35.5. The summed E-state index contributed by atoms with van der Waals surface area (Å²) in [6, 6.07) is 7.15. The van der Waals surface area contributed by atoms with Gasteiger partial charge in [-0.3, -0.25) is 0 Å². The van der Waals surface area contributed by atoms with E-state index in [-0.39, 0.29) is 18.1 Å². The van der Waals surface area contributed by atoms with Crippen LogP contribution < -0.4 is 4.74 Å². The van der Waals surface area contributed by atoms with Gasteiger partial charge in [-0.15, -0.1) is 0 Å². The number of hydrogen-bond acceptors (Lipinski definition) is 3. The molecule has 3 nitrogen and oxygen atoms in total. The molecular weight excluding hydrogens is 374 g/mol. The minimum atomic E-state index is -2.12. The van der Waals surface area contributed by atoms with Crippen molar-refractivity contribution in [3.05, 3.63) is 62.9 Å². The molecule has 140 valence electrons. The molecule has 6 heteroatoms. The molecule has 0 radical (unpaired) electrons. The molecule has 2 aromatic carbocycles. The summed E-state index contributed by atoms with van der Waals surface area (Å²) < 4.78 is 20.1. The molecule has 1 aliphatic rings. The van der Waals surface area contributed by atoms with Crippen molar-refractivity contribution in [2.45, 2.75) is 45.4 Å². The lowest BCUT2D eigenvalue weighted by Crippen LogP contribution is -2.05. The van der Waals surface area contributed by atoms with E-state index in [0.717, 1.165) is 35.1 Å². The highest BCUT2D eigenvalue weighted by molar-refractivity contribution is 7.44. The molecule has 2 aromatic rings. The highest BCUT2D eigenvalue weighted by Crippen LogP contribution is 2.45. The van der Waals surface area contributed by atoms with Gasteiger partial charge in [0.1, 0.15) is 11.6 Å². The Bertz CT molecular complexity index is 823. The van der Waals surface area contributed by atoms with Gasteiger partial charge in [0.05, 0.1) is 0 Å². The third kappa shape index (κ3) is 3.89. The van der Waals surface area contributed by atoms with Gasteiger partial charge in [-0.25, -0.2) is 4.39 Å². The van der Waals surface area contributed by atoms with Crippen LogP contribution in [0.1, 0.15) is 59.9 Å². The Hall–Kier alpha value is -1.19. The highest BCUT2D eigenvalue weighted by Gasteiger charge is 2.30. The Balaban J connectivity index is 1.99. The number of ether oxygens (including phenoxy) is 1. The summed E-state index contributed by atoms with van der Waals surface area (Å²) in [5.74, 6) is 0.579. The van der Waals surface area contributed by atoms with E-state index in [1.54, 1.807) is 12.1 Å². The number of benzene rings is 2. The van der Waals surface area contributed by atoms with Gasteiger partial charge < -0.3 is 14.5 Å². The second-order valence-corrected chi connectivity index (χ2v) is 8.51. The molecule has 2 N–H and O–H groups in total. The molecule has 0 fully saturated rings. The lowest BCUT2D eigenvalue weighted by atomic mass is 9.87. The first kappa shape index (κ1) is 19.6. The van der Waals surface area contributed by atoms with Crippen molar-refractivity contribution in [1.29, 1.82) is 0 Å². The van der Waals surface area contributed by atoms with Crippen LogP contribution in [-0.4, -0.2) is 16.1 Å². The monoisotopic (exact) mass is 396 g/mol. The van der Waals surface area contributed by atoms with Gasteiger partial charge >= 0.3 is 0 Å². The standard InChI is InChI=1S/C20H23ClFO3P/c1-11(2)16-9-17(19(22)6-12(16)3)15-5-4-13-7-14(25-10-26(23)24)8-18(21)20(13)15/h6-9,11,15,23-24H,4-5,10H2,1-3H3. The average molecular weight is 397 g/mol. The number of rotatable bonds is 5. The molecule has 1 aliphatic carbocycles. The summed E-state index contributed by atoms with van der Waals surface area (Å²) in [6.07, 6.45) is 1.43. The maximum Gasteiger partial charge on any atom is 0.205 e. The van der Waals surface area contributed by atoms with Gasteiger partial charge in [0.2, 0.25) is 8.38 Å². The fraction of sp³-hybridized carbons (Fsp3) is 0.400. The number of aryl methyl sites for hydroxylation is 2. The maximum absolute atomic E-state index is 14.7. The number of hydrogen-bond donors (Lipinski definition) is 2. The fourth-order valence-corrected chi connectivity index (χ4v) is 4.44. The van der Waals surface area contributed by atoms with Gasteiger partial charge in [0.15, 0.2) is 6.35 Å². The van der Waals surface area contributed by atoms with Crippen molar-refractivity contribution in [1.82, 2.24) is 0 Å². The van der Waals surface area contributed by atoms with Crippen LogP contribution in [0.25, 0.3) is 0 Å². The predicted octanol–water partition coefficient (Wildman–Crippen LogP) is 5.62. The lowest BCUT2D eigenvalue weighted by molar-refractivity contribution is 0.347. The molecule has 0 aromatic heterocycles. The molecule has 0 heterocycles. The van der Waals surface area contributed by atoms with E-state index >= 15 is 0 Å². The zero-order valence-corrected chi connectivity index (χ0v) is 16.7. The predicted molar refractivity (Wildman–Crippen MR) is 104 cm³/mol. The number of halogens is 2. The molecular formula is C20H23ClFO3P. The van der Waals surface area contributed by atoms with Crippen molar-refractivity contribution in [3.8, 4) is 5.75 Å². The van der Waals surface area contributed by atoms with Crippen molar-refractivity contribution in [2.24, 2.45) is 0 Å². The van der Waals surface area contributed by atoms with Gasteiger partial charge in [0.25, 0.3) is 0 Å². The summed E-state index contributed by atoms with van der Waals surface area (Å²) in [4.78, 5) is 18.0. The maximum atomic E-state index is 14.7. The van der Waals surface area contributed by atoms with E-state index in [9.17, 15) is 4.39 Å². The SMILES string of the molecule is Cc1cc(F)c(C2CCc3cc(OCP(O)O)cc(Cl)c32)cc1C(C)C. The lowest BCUT2D eigenvalue weighted by Gasteiger charge is -2.19. The molecule has 0 saturated heterocycles.